The second-order valence-corrected chi connectivity index (χ2v) is 5.39. The van der Waals surface area contributed by atoms with Gasteiger partial charge in [-0.3, -0.25) is 0 Å². The standard InChI is InChI=1S/C12H15IN2O2/c1-8-10(13)3-2-4-11(8)14-12(17)15-6-5-9(16)7-15/h2-4,9,16H,5-7H2,1H3,(H,14,17)/t9-/m1/s1. The zero-order valence-corrected chi connectivity index (χ0v) is 11.8. The van der Waals surface area contributed by atoms with Gasteiger partial charge in [0.2, 0.25) is 0 Å². The molecule has 0 radical (unpaired) electrons. The van der Waals surface area contributed by atoms with Gasteiger partial charge in [-0.05, 0) is 53.6 Å². The summed E-state index contributed by atoms with van der Waals surface area (Å²) in [4.78, 5) is 13.6. The lowest BCUT2D eigenvalue weighted by Gasteiger charge is -2.17. The minimum absolute atomic E-state index is 0.133. The highest BCUT2D eigenvalue weighted by Crippen LogP contribution is 2.21. The number of nitrogens with zero attached hydrogens (tertiary/aromatic N) is 1. The van der Waals surface area contributed by atoms with Crippen molar-refractivity contribution in [1.82, 2.24) is 4.90 Å². The molecule has 0 aromatic heterocycles. The molecule has 2 amide bonds. The first-order valence-corrected chi connectivity index (χ1v) is 6.65. The highest BCUT2D eigenvalue weighted by molar-refractivity contribution is 14.1. The molecule has 2 rings (SSSR count). The summed E-state index contributed by atoms with van der Waals surface area (Å²) in [5.41, 5.74) is 1.91. The van der Waals surface area contributed by atoms with Crippen molar-refractivity contribution in [3.63, 3.8) is 0 Å². The number of hydrogen-bond acceptors (Lipinski definition) is 2. The molecule has 5 heteroatoms. The molecular formula is C12H15IN2O2. The first-order valence-electron chi connectivity index (χ1n) is 5.57. The van der Waals surface area contributed by atoms with E-state index in [0.717, 1.165) is 14.8 Å². The van der Waals surface area contributed by atoms with Gasteiger partial charge in [-0.2, -0.15) is 0 Å². The molecule has 1 aliphatic rings. The second kappa shape index (κ2) is 5.22. The quantitative estimate of drug-likeness (QED) is 0.766. The van der Waals surface area contributed by atoms with E-state index in [-0.39, 0.29) is 12.1 Å². The van der Waals surface area contributed by atoms with E-state index >= 15 is 0 Å². The number of amides is 2. The number of carbonyl (C=O) groups is 1. The number of halogens is 1. The van der Waals surface area contributed by atoms with Gasteiger partial charge in [0.05, 0.1) is 6.10 Å². The van der Waals surface area contributed by atoms with Crippen LogP contribution in [0.25, 0.3) is 0 Å². The normalized spacial score (nSPS) is 19.5. The number of anilines is 1. The number of benzene rings is 1. The van der Waals surface area contributed by atoms with Gasteiger partial charge in [0.25, 0.3) is 0 Å². The van der Waals surface area contributed by atoms with Crippen molar-refractivity contribution in [3.05, 3.63) is 27.3 Å². The monoisotopic (exact) mass is 346 g/mol. The molecule has 4 nitrogen and oxygen atoms in total. The summed E-state index contributed by atoms with van der Waals surface area (Å²) in [6.07, 6.45) is 0.288. The van der Waals surface area contributed by atoms with Gasteiger partial charge in [-0.1, -0.05) is 6.07 Å². The zero-order valence-electron chi connectivity index (χ0n) is 9.61. The Bertz CT molecular complexity index is 437. The molecule has 2 N–H and O–H groups in total. The number of nitrogens with one attached hydrogen (secondary N) is 1. The maximum Gasteiger partial charge on any atom is 0.321 e. The molecule has 1 aromatic rings. The fraction of sp³-hybridized carbons (Fsp3) is 0.417. The maximum atomic E-state index is 11.9. The predicted molar refractivity (Wildman–Crippen MR) is 75.1 cm³/mol. The Morgan fingerprint density at radius 1 is 1.59 bits per heavy atom. The summed E-state index contributed by atoms with van der Waals surface area (Å²) in [5, 5.41) is 12.3. The Morgan fingerprint density at radius 3 is 3.00 bits per heavy atom. The minimum atomic E-state index is -0.377. The minimum Gasteiger partial charge on any atom is -0.391 e. The van der Waals surface area contributed by atoms with Crippen LogP contribution < -0.4 is 5.32 Å². The van der Waals surface area contributed by atoms with Crippen LogP contribution in [-0.4, -0.2) is 35.2 Å². The average Bonchev–Trinajstić information content (AvgIpc) is 2.72. The first-order chi connectivity index (χ1) is 8.08. The summed E-state index contributed by atoms with van der Waals surface area (Å²) in [7, 11) is 0. The van der Waals surface area contributed by atoms with Gasteiger partial charge in [0.15, 0.2) is 0 Å². The van der Waals surface area contributed by atoms with Crippen LogP contribution in [0, 0.1) is 10.5 Å². The van der Waals surface area contributed by atoms with Crippen molar-refractivity contribution in [1.29, 1.82) is 0 Å². The van der Waals surface area contributed by atoms with Crippen molar-refractivity contribution in [2.75, 3.05) is 18.4 Å². The number of β-amino-alcohol motifs (C(OH)–C–C–N with tert-alkyl or cyclic N) is 1. The van der Waals surface area contributed by atoms with Crippen molar-refractivity contribution in [3.8, 4) is 0 Å². The number of hydrogen-bond donors (Lipinski definition) is 2. The van der Waals surface area contributed by atoms with Gasteiger partial charge in [0, 0.05) is 22.3 Å². The lowest BCUT2D eigenvalue weighted by Crippen LogP contribution is -2.33. The van der Waals surface area contributed by atoms with E-state index in [0.29, 0.717) is 19.5 Å². The average molecular weight is 346 g/mol. The van der Waals surface area contributed by atoms with Crippen LogP contribution >= 0.6 is 22.6 Å². The van der Waals surface area contributed by atoms with Crippen molar-refractivity contribution in [2.45, 2.75) is 19.4 Å². The maximum absolute atomic E-state index is 11.9. The van der Waals surface area contributed by atoms with Crippen molar-refractivity contribution >= 4 is 34.3 Å². The fourth-order valence-electron chi connectivity index (χ4n) is 1.86. The number of aliphatic hydroxyl groups excluding tert-OH is 1. The largest absolute Gasteiger partial charge is 0.391 e. The molecule has 17 heavy (non-hydrogen) atoms. The van der Waals surface area contributed by atoms with Gasteiger partial charge >= 0.3 is 6.03 Å². The highest BCUT2D eigenvalue weighted by atomic mass is 127. The van der Waals surface area contributed by atoms with Gasteiger partial charge in [-0.25, -0.2) is 4.79 Å². The van der Waals surface area contributed by atoms with Crippen molar-refractivity contribution < 1.29 is 9.90 Å². The lowest BCUT2D eigenvalue weighted by molar-refractivity contribution is 0.176. The van der Waals surface area contributed by atoms with E-state index in [4.69, 9.17) is 0 Å². The van der Waals surface area contributed by atoms with Crippen molar-refractivity contribution in [2.24, 2.45) is 0 Å². The van der Waals surface area contributed by atoms with Crippen LogP contribution in [0.3, 0.4) is 0 Å². The molecule has 1 saturated heterocycles. The smallest absolute Gasteiger partial charge is 0.321 e. The number of likely N-dealkylation sites (tertiary alicyclic amines) is 1. The SMILES string of the molecule is Cc1c(I)cccc1NC(=O)N1CC[C@@H](O)C1. The fourth-order valence-corrected chi connectivity index (χ4v) is 2.36. The topological polar surface area (TPSA) is 52.6 Å². The van der Waals surface area contributed by atoms with E-state index in [1.807, 2.05) is 25.1 Å². The molecule has 0 bridgehead atoms. The molecule has 0 aliphatic carbocycles. The summed E-state index contributed by atoms with van der Waals surface area (Å²) >= 11 is 2.24. The molecular weight excluding hydrogens is 331 g/mol. The molecule has 1 heterocycles. The Balaban J connectivity index is 2.06. The van der Waals surface area contributed by atoms with Gasteiger partial charge < -0.3 is 15.3 Å². The molecule has 1 aromatic carbocycles. The summed E-state index contributed by atoms with van der Waals surface area (Å²) in [6.45, 7) is 3.03. The zero-order chi connectivity index (χ0) is 12.4. The van der Waals surface area contributed by atoms with E-state index in [1.54, 1.807) is 4.90 Å². The Hall–Kier alpha value is -0.820. The molecule has 1 aliphatic heterocycles. The second-order valence-electron chi connectivity index (χ2n) is 4.23. The molecule has 1 fully saturated rings. The Kier molecular flexibility index (Phi) is 3.88. The third-order valence-corrected chi connectivity index (χ3v) is 4.13. The lowest BCUT2D eigenvalue weighted by atomic mass is 10.2. The molecule has 0 saturated carbocycles. The summed E-state index contributed by atoms with van der Waals surface area (Å²) < 4.78 is 1.13. The number of carbonyl (C=O) groups excluding carboxylic acids is 1. The van der Waals surface area contributed by atoms with Crippen LogP contribution in [0.4, 0.5) is 10.5 Å². The first kappa shape index (κ1) is 12.6. The van der Waals surface area contributed by atoms with E-state index < -0.39 is 0 Å². The van der Waals surface area contributed by atoms with Crippen LogP contribution in [0.15, 0.2) is 18.2 Å². The van der Waals surface area contributed by atoms with E-state index in [1.165, 1.54) is 0 Å². The third kappa shape index (κ3) is 2.90. The summed E-state index contributed by atoms with van der Waals surface area (Å²) in [5.74, 6) is 0. The highest BCUT2D eigenvalue weighted by Gasteiger charge is 2.24. The number of rotatable bonds is 1. The summed E-state index contributed by atoms with van der Waals surface area (Å²) in [6, 6.07) is 5.68. The van der Waals surface area contributed by atoms with Crippen LogP contribution in [0.1, 0.15) is 12.0 Å². The van der Waals surface area contributed by atoms with Crippen LogP contribution in [0.5, 0.6) is 0 Å². The molecule has 0 unspecified atom stereocenters. The van der Waals surface area contributed by atoms with Crippen LogP contribution in [-0.2, 0) is 0 Å². The third-order valence-electron chi connectivity index (χ3n) is 2.96. The van der Waals surface area contributed by atoms with E-state index in [2.05, 4.69) is 27.9 Å². The molecule has 1 atom stereocenters. The van der Waals surface area contributed by atoms with Gasteiger partial charge in [0.1, 0.15) is 0 Å². The predicted octanol–water partition coefficient (Wildman–Crippen LogP) is 2.20. The molecule has 92 valence electrons. The van der Waals surface area contributed by atoms with Gasteiger partial charge in [-0.15, -0.1) is 0 Å². The van der Waals surface area contributed by atoms with E-state index in [9.17, 15) is 9.90 Å². The Labute approximate surface area is 114 Å². The molecule has 0 spiro atoms. The Morgan fingerprint density at radius 2 is 2.35 bits per heavy atom. The van der Waals surface area contributed by atoms with Crippen LogP contribution in [0.2, 0.25) is 0 Å². The number of urea groups is 1. The number of aliphatic hydroxyl groups is 1.